The summed E-state index contributed by atoms with van der Waals surface area (Å²) in [7, 11) is 0. The fraction of sp³-hybridized carbons (Fsp3) is 0.345. The van der Waals surface area contributed by atoms with Crippen LogP contribution in [-0.4, -0.2) is 39.0 Å². The predicted octanol–water partition coefficient (Wildman–Crippen LogP) is 7.88. The zero-order valence-corrected chi connectivity index (χ0v) is 24.6. The molecule has 3 aromatic rings. The van der Waals surface area contributed by atoms with Crippen LogP contribution in [0.25, 0.3) is 0 Å². The fourth-order valence-electron chi connectivity index (χ4n) is 5.52. The lowest BCUT2D eigenvalue weighted by Gasteiger charge is -2.43. The molecule has 1 fully saturated rings. The van der Waals surface area contributed by atoms with Crippen LogP contribution in [0.3, 0.4) is 0 Å². The van der Waals surface area contributed by atoms with Crippen LogP contribution >= 0.6 is 31.9 Å². The van der Waals surface area contributed by atoms with Crippen molar-refractivity contribution in [2.45, 2.75) is 57.3 Å². The Morgan fingerprint density at radius 3 is 2.49 bits per heavy atom. The van der Waals surface area contributed by atoms with Gasteiger partial charge in [-0.3, -0.25) is 14.8 Å². The second-order valence-corrected chi connectivity index (χ2v) is 12.4. The molecule has 0 amide bonds. The molecule has 10 heteroatoms. The lowest BCUT2D eigenvalue weighted by Crippen LogP contribution is -2.46. The first-order valence-electron chi connectivity index (χ1n) is 12.9. The molecule has 0 saturated heterocycles. The number of benzene rings is 1. The van der Waals surface area contributed by atoms with Gasteiger partial charge in [0.15, 0.2) is 11.6 Å². The summed E-state index contributed by atoms with van der Waals surface area (Å²) in [5.41, 5.74) is 2.75. The summed E-state index contributed by atoms with van der Waals surface area (Å²) in [6.45, 7) is 4.30. The van der Waals surface area contributed by atoms with Crippen LogP contribution < -0.4 is 4.90 Å². The topological polar surface area (TPSA) is 44.6 Å². The van der Waals surface area contributed by atoms with Crippen molar-refractivity contribution in [1.29, 1.82) is 0 Å². The molecule has 1 aromatic carbocycles. The third kappa shape index (κ3) is 5.07. The van der Waals surface area contributed by atoms with Gasteiger partial charge >= 0.3 is 0 Å². The number of anilines is 1. The summed E-state index contributed by atoms with van der Waals surface area (Å²) in [6, 6.07) is 6.10. The average Bonchev–Trinajstić information content (AvgIpc) is 3.43. The first-order chi connectivity index (χ1) is 18.6. The molecule has 0 spiro atoms. The van der Waals surface area contributed by atoms with Gasteiger partial charge < -0.3 is 0 Å². The number of halogens is 5. The number of fused-ring (bicyclic) bond motifs is 1. The summed E-state index contributed by atoms with van der Waals surface area (Å²) in [4.78, 5) is 17.3. The second kappa shape index (κ2) is 10.1. The minimum absolute atomic E-state index is 0.0344. The van der Waals surface area contributed by atoms with Crippen LogP contribution in [0.1, 0.15) is 54.6 Å². The molecule has 4 heterocycles. The lowest BCUT2D eigenvalue weighted by molar-refractivity contribution is 0.0945. The van der Waals surface area contributed by atoms with Crippen LogP contribution in [0.5, 0.6) is 0 Å². The highest BCUT2D eigenvalue weighted by molar-refractivity contribution is 9.10. The summed E-state index contributed by atoms with van der Waals surface area (Å²) in [5.74, 6) is -0.0418. The van der Waals surface area contributed by atoms with Gasteiger partial charge in [0.2, 0.25) is 0 Å². The summed E-state index contributed by atoms with van der Waals surface area (Å²) in [5, 5.41) is 0. The number of nitrogens with zero attached hydrogens (tertiary/aromatic N) is 5. The van der Waals surface area contributed by atoms with Gasteiger partial charge in [-0.25, -0.2) is 23.1 Å². The van der Waals surface area contributed by atoms with Gasteiger partial charge in [-0.2, -0.15) is 0 Å². The zero-order valence-electron chi connectivity index (χ0n) is 21.4. The van der Waals surface area contributed by atoms with E-state index in [-0.39, 0.29) is 24.1 Å². The number of rotatable bonds is 5. The Morgan fingerprint density at radius 1 is 1.08 bits per heavy atom. The maximum absolute atomic E-state index is 15.3. The monoisotopic (exact) mass is 659 g/mol. The van der Waals surface area contributed by atoms with Crippen LogP contribution in [-0.2, 0) is 6.42 Å². The van der Waals surface area contributed by atoms with Gasteiger partial charge in [-0.1, -0.05) is 12.1 Å². The summed E-state index contributed by atoms with van der Waals surface area (Å²) >= 11 is 6.55. The number of hydrogen-bond acceptors (Lipinski definition) is 4. The van der Waals surface area contributed by atoms with Crippen molar-refractivity contribution in [2.24, 2.45) is 4.99 Å². The fourth-order valence-corrected chi connectivity index (χ4v) is 6.13. The Balaban J connectivity index is 1.42. The molecular weight excluding hydrogens is 635 g/mol. The molecule has 0 radical (unpaired) electrons. The minimum Gasteiger partial charge on any atom is -0.287 e. The van der Waals surface area contributed by atoms with E-state index in [1.165, 1.54) is 12.1 Å². The van der Waals surface area contributed by atoms with Crippen molar-refractivity contribution >= 4 is 49.2 Å². The minimum atomic E-state index is -1.23. The number of pyridine rings is 2. The van der Waals surface area contributed by atoms with E-state index >= 15 is 8.78 Å². The summed E-state index contributed by atoms with van der Waals surface area (Å²) in [6.07, 6.45) is 9.09. The Labute approximate surface area is 242 Å². The van der Waals surface area contributed by atoms with Crippen molar-refractivity contribution in [3.63, 3.8) is 0 Å². The first-order valence-corrected chi connectivity index (χ1v) is 14.4. The Bertz CT molecular complexity index is 1520. The average molecular weight is 661 g/mol. The molecule has 6 rings (SSSR count). The quantitative estimate of drug-likeness (QED) is 0.279. The molecule has 0 N–H and O–H groups in total. The van der Waals surface area contributed by atoms with E-state index in [1.807, 2.05) is 25.1 Å². The molecule has 0 bridgehead atoms. The van der Waals surface area contributed by atoms with Gasteiger partial charge in [0, 0.05) is 46.5 Å². The van der Waals surface area contributed by atoms with E-state index in [1.54, 1.807) is 23.5 Å². The number of alkyl halides is 1. The number of hydrogen-bond donors (Lipinski definition) is 0. The highest BCUT2D eigenvalue weighted by Gasteiger charge is 2.48. The van der Waals surface area contributed by atoms with Gasteiger partial charge in [0.05, 0.1) is 17.4 Å². The molecule has 2 atom stereocenters. The molecule has 39 heavy (non-hydrogen) atoms. The lowest BCUT2D eigenvalue weighted by atomic mass is 9.83. The Morgan fingerprint density at radius 2 is 1.79 bits per heavy atom. The molecule has 5 nitrogen and oxygen atoms in total. The van der Waals surface area contributed by atoms with Crippen LogP contribution in [0, 0.1) is 18.6 Å². The molecule has 3 aliphatic rings. The normalized spacial score (nSPS) is 22.9. The Kier molecular flexibility index (Phi) is 6.92. The predicted molar refractivity (Wildman–Crippen MR) is 153 cm³/mol. The van der Waals surface area contributed by atoms with Crippen molar-refractivity contribution in [3.05, 3.63) is 91.9 Å². The maximum atomic E-state index is 15.3. The third-order valence-electron chi connectivity index (χ3n) is 7.75. The molecule has 1 aliphatic carbocycles. The highest BCUT2D eigenvalue weighted by Crippen LogP contribution is 2.47. The molecule has 0 unspecified atom stereocenters. The van der Waals surface area contributed by atoms with E-state index in [0.29, 0.717) is 40.5 Å². The van der Waals surface area contributed by atoms with E-state index in [2.05, 4.69) is 53.7 Å². The van der Waals surface area contributed by atoms with Gasteiger partial charge in [0.25, 0.3) is 0 Å². The summed E-state index contributed by atoms with van der Waals surface area (Å²) < 4.78 is 46.2. The Hall–Kier alpha value is -2.56. The van der Waals surface area contributed by atoms with Gasteiger partial charge in [-0.05, 0) is 99.9 Å². The van der Waals surface area contributed by atoms with Gasteiger partial charge in [-0.15, -0.1) is 0 Å². The van der Waals surface area contributed by atoms with Crippen LogP contribution in [0.2, 0.25) is 0 Å². The highest BCUT2D eigenvalue weighted by atomic mass is 79.9. The SMILES string of the molecule is Cc1c(N=C2CC=CN2c2ncc(Br)cc2F)ccc2c1C[C@@H](C)N(CC1(F)CC1)[C@@H]2c1ncc(Br)cc1F. The third-order valence-corrected chi connectivity index (χ3v) is 8.62. The zero-order chi connectivity index (χ0) is 27.5. The number of amidine groups is 1. The van der Waals surface area contributed by atoms with Gasteiger partial charge in [0.1, 0.15) is 17.3 Å². The number of aromatic nitrogens is 2. The van der Waals surface area contributed by atoms with Crippen molar-refractivity contribution in [1.82, 2.24) is 14.9 Å². The van der Waals surface area contributed by atoms with Crippen LogP contribution in [0.15, 0.2) is 62.9 Å². The molecule has 1 saturated carbocycles. The smallest absolute Gasteiger partial charge is 0.174 e. The van der Waals surface area contributed by atoms with Crippen molar-refractivity contribution in [2.75, 3.05) is 11.4 Å². The largest absolute Gasteiger partial charge is 0.287 e. The van der Waals surface area contributed by atoms with Crippen molar-refractivity contribution < 1.29 is 13.2 Å². The van der Waals surface area contributed by atoms with E-state index in [4.69, 9.17) is 4.99 Å². The standard InChI is InChI=1S/C29H26Br2F3N5/c1-16-10-21-17(2)24(37-25-4-3-9-38(25)28-23(33)12-19(31)14-36-28)6-5-20(21)27(39(16)15-29(34)7-8-29)26-22(32)11-18(30)13-35-26/h3,5-6,9,11-14,16,27H,4,7-8,10,15H2,1-2H3/t16-,27+/m1/s1. The first kappa shape index (κ1) is 26.7. The van der Waals surface area contributed by atoms with Crippen LogP contribution in [0.4, 0.5) is 24.7 Å². The van der Waals surface area contributed by atoms with E-state index in [9.17, 15) is 4.39 Å². The number of aliphatic imine (C=N–C) groups is 1. The van der Waals surface area contributed by atoms with E-state index < -0.39 is 23.3 Å². The second-order valence-electron chi connectivity index (χ2n) is 10.5. The maximum Gasteiger partial charge on any atom is 0.174 e. The van der Waals surface area contributed by atoms with Crippen molar-refractivity contribution in [3.8, 4) is 0 Å². The molecule has 2 aromatic heterocycles. The van der Waals surface area contributed by atoms with E-state index in [0.717, 1.165) is 22.4 Å². The molecule has 2 aliphatic heterocycles. The molecular formula is C29H26Br2F3N5. The molecule has 202 valence electrons.